The highest BCUT2D eigenvalue weighted by Crippen LogP contribution is 2.43. The van der Waals surface area contributed by atoms with Crippen LogP contribution in [0.25, 0.3) is 11.1 Å². The van der Waals surface area contributed by atoms with E-state index in [1.807, 2.05) is 0 Å². The SMILES string of the molecule is O=S1(=O)Nc2ccc(F)c(Cl)c2-c2ccccc21. The number of halogens is 2. The first-order valence-electron chi connectivity index (χ1n) is 5.11. The summed E-state index contributed by atoms with van der Waals surface area (Å²) in [4.78, 5) is 0.102. The Morgan fingerprint density at radius 3 is 2.61 bits per heavy atom. The van der Waals surface area contributed by atoms with Gasteiger partial charge in [0.2, 0.25) is 0 Å². The molecule has 18 heavy (non-hydrogen) atoms. The highest BCUT2D eigenvalue weighted by molar-refractivity contribution is 7.93. The number of nitrogens with one attached hydrogen (secondary N) is 1. The lowest BCUT2D eigenvalue weighted by atomic mass is 10.0. The topological polar surface area (TPSA) is 46.2 Å². The molecule has 3 rings (SSSR count). The summed E-state index contributed by atoms with van der Waals surface area (Å²) in [5.41, 5.74) is 1.08. The van der Waals surface area contributed by atoms with Crippen molar-refractivity contribution >= 4 is 27.3 Å². The molecule has 0 saturated carbocycles. The van der Waals surface area contributed by atoms with Gasteiger partial charge < -0.3 is 0 Å². The Hall–Kier alpha value is -1.59. The molecule has 0 spiro atoms. The van der Waals surface area contributed by atoms with E-state index in [9.17, 15) is 12.8 Å². The maximum absolute atomic E-state index is 13.5. The van der Waals surface area contributed by atoms with Crippen LogP contribution >= 0.6 is 11.6 Å². The molecule has 0 unspecified atom stereocenters. The Bertz CT molecular complexity index is 759. The third-order valence-corrected chi connectivity index (χ3v) is 4.58. The van der Waals surface area contributed by atoms with Gasteiger partial charge in [-0.25, -0.2) is 12.8 Å². The summed E-state index contributed by atoms with van der Waals surface area (Å²) in [6.45, 7) is 0. The summed E-state index contributed by atoms with van der Waals surface area (Å²) in [5, 5.41) is -0.0812. The molecule has 0 aromatic heterocycles. The van der Waals surface area contributed by atoms with E-state index < -0.39 is 15.8 Å². The van der Waals surface area contributed by atoms with Crippen molar-refractivity contribution in [1.82, 2.24) is 0 Å². The van der Waals surface area contributed by atoms with E-state index in [2.05, 4.69) is 4.72 Å². The number of benzene rings is 2. The molecule has 0 atom stereocenters. The fourth-order valence-electron chi connectivity index (χ4n) is 2.01. The summed E-state index contributed by atoms with van der Waals surface area (Å²) in [6.07, 6.45) is 0. The molecule has 0 radical (unpaired) electrons. The van der Waals surface area contributed by atoms with Crippen LogP contribution in [0.15, 0.2) is 41.3 Å². The third-order valence-electron chi connectivity index (χ3n) is 2.79. The number of rotatable bonds is 0. The molecule has 1 N–H and O–H groups in total. The first kappa shape index (κ1) is 11.5. The number of anilines is 1. The van der Waals surface area contributed by atoms with Gasteiger partial charge in [0.25, 0.3) is 10.0 Å². The van der Waals surface area contributed by atoms with Crippen molar-refractivity contribution in [1.29, 1.82) is 0 Å². The number of sulfonamides is 1. The Morgan fingerprint density at radius 1 is 1.11 bits per heavy atom. The maximum Gasteiger partial charge on any atom is 0.262 e. The van der Waals surface area contributed by atoms with Gasteiger partial charge in [-0.2, -0.15) is 0 Å². The van der Waals surface area contributed by atoms with Gasteiger partial charge in [0.05, 0.1) is 15.6 Å². The predicted molar refractivity (Wildman–Crippen MR) is 67.7 cm³/mol. The van der Waals surface area contributed by atoms with Crippen LogP contribution in [0.1, 0.15) is 0 Å². The van der Waals surface area contributed by atoms with E-state index in [1.165, 1.54) is 12.1 Å². The molecule has 1 heterocycles. The van der Waals surface area contributed by atoms with E-state index >= 15 is 0 Å². The molecule has 1 aliphatic rings. The zero-order chi connectivity index (χ0) is 12.9. The minimum atomic E-state index is -3.62. The molecule has 1 aliphatic heterocycles. The second kappa shape index (κ2) is 3.70. The van der Waals surface area contributed by atoms with Gasteiger partial charge in [0.15, 0.2) is 0 Å². The molecular formula is C12H7ClFNO2S. The van der Waals surface area contributed by atoms with Crippen LogP contribution in [0.3, 0.4) is 0 Å². The lowest BCUT2D eigenvalue weighted by Gasteiger charge is -2.22. The number of fused-ring (bicyclic) bond motifs is 3. The Balaban J connectivity index is 2.46. The van der Waals surface area contributed by atoms with Crippen LogP contribution < -0.4 is 4.72 Å². The fourth-order valence-corrected chi connectivity index (χ4v) is 3.56. The lowest BCUT2D eigenvalue weighted by molar-refractivity contribution is 0.600. The van der Waals surface area contributed by atoms with E-state index in [1.54, 1.807) is 18.2 Å². The van der Waals surface area contributed by atoms with Crippen molar-refractivity contribution in [2.45, 2.75) is 4.90 Å². The fraction of sp³-hybridized carbons (Fsp3) is 0. The van der Waals surface area contributed by atoms with Crippen molar-refractivity contribution in [3.8, 4) is 11.1 Å². The van der Waals surface area contributed by atoms with Crippen LogP contribution in [0.4, 0.5) is 10.1 Å². The smallest absolute Gasteiger partial charge is 0.262 e. The van der Waals surface area contributed by atoms with E-state index in [-0.39, 0.29) is 9.92 Å². The van der Waals surface area contributed by atoms with Crippen LogP contribution in [0.2, 0.25) is 5.02 Å². The summed E-state index contributed by atoms with van der Waals surface area (Å²) in [7, 11) is -3.62. The van der Waals surface area contributed by atoms with Crippen LogP contribution in [0, 0.1) is 5.82 Å². The van der Waals surface area contributed by atoms with Crippen molar-refractivity contribution in [3.63, 3.8) is 0 Å². The Kier molecular flexibility index (Phi) is 2.36. The summed E-state index contributed by atoms with van der Waals surface area (Å²) >= 11 is 5.92. The zero-order valence-electron chi connectivity index (χ0n) is 8.94. The molecule has 2 aromatic carbocycles. The predicted octanol–water partition coefficient (Wildman–Crippen LogP) is 3.26. The molecule has 0 amide bonds. The summed E-state index contributed by atoms with van der Waals surface area (Å²) in [6, 6.07) is 8.86. The standard InChI is InChI=1S/C12H7ClFNO2S/c13-12-8(14)5-6-9-11(12)7-3-1-2-4-10(7)18(16,17)15-9/h1-6,15H. The number of hydrogen-bond donors (Lipinski definition) is 1. The normalized spacial score (nSPS) is 15.4. The minimum absolute atomic E-state index is 0.0812. The average molecular weight is 284 g/mol. The van der Waals surface area contributed by atoms with Gasteiger partial charge in [-0.3, -0.25) is 4.72 Å². The third kappa shape index (κ3) is 1.51. The molecule has 0 saturated heterocycles. The second-order valence-electron chi connectivity index (χ2n) is 3.89. The molecule has 0 fully saturated rings. The maximum atomic E-state index is 13.5. The van der Waals surface area contributed by atoms with E-state index in [4.69, 9.17) is 11.6 Å². The molecule has 2 aromatic rings. The molecule has 3 nitrogen and oxygen atoms in total. The van der Waals surface area contributed by atoms with Gasteiger partial charge in [-0.15, -0.1) is 0 Å². The highest BCUT2D eigenvalue weighted by Gasteiger charge is 2.29. The van der Waals surface area contributed by atoms with Crippen LogP contribution in [-0.4, -0.2) is 8.42 Å². The van der Waals surface area contributed by atoms with Gasteiger partial charge in [-0.1, -0.05) is 29.8 Å². The second-order valence-corrected chi connectivity index (χ2v) is 5.91. The quantitative estimate of drug-likeness (QED) is 0.807. The number of hydrogen-bond acceptors (Lipinski definition) is 2. The van der Waals surface area contributed by atoms with Gasteiger partial charge in [0, 0.05) is 11.1 Å². The average Bonchev–Trinajstić information content (AvgIpc) is 2.34. The van der Waals surface area contributed by atoms with Crippen LogP contribution in [0.5, 0.6) is 0 Å². The highest BCUT2D eigenvalue weighted by atomic mass is 35.5. The molecule has 0 aliphatic carbocycles. The lowest BCUT2D eigenvalue weighted by Crippen LogP contribution is -2.19. The molecule has 6 heteroatoms. The van der Waals surface area contributed by atoms with Crippen LogP contribution in [-0.2, 0) is 10.0 Å². The van der Waals surface area contributed by atoms with Gasteiger partial charge in [-0.05, 0) is 18.2 Å². The molecule has 0 bridgehead atoms. The molecular weight excluding hydrogens is 277 g/mol. The van der Waals surface area contributed by atoms with Gasteiger partial charge >= 0.3 is 0 Å². The first-order chi connectivity index (χ1) is 8.50. The molecule has 92 valence electrons. The minimum Gasteiger partial charge on any atom is -0.279 e. The van der Waals surface area contributed by atoms with Gasteiger partial charge in [0.1, 0.15) is 5.82 Å². The zero-order valence-corrected chi connectivity index (χ0v) is 10.5. The largest absolute Gasteiger partial charge is 0.279 e. The Labute approximate surface area is 108 Å². The Morgan fingerprint density at radius 2 is 1.83 bits per heavy atom. The van der Waals surface area contributed by atoms with Crippen molar-refractivity contribution in [2.75, 3.05) is 4.72 Å². The van der Waals surface area contributed by atoms with Crippen molar-refractivity contribution in [3.05, 3.63) is 47.2 Å². The van der Waals surface area contributed by atoms with Crippen molar-refractivity contribution in [2.24, 2.45) is 0 Å². The van der Waals surface area contributed by atoms with E-state index in [0.29, 0.717) is 16.8 Å². The monoisotopic (exact) mass is 283 g/mol. The van der Waals surface area contributed by atoms with E-state index in [0.717, 1.165) is 6.07 Å². The first-order valence-corrected chi connectivity index (χ1v) is 6.97. The van der Waals surface area contributed by atoms with Crippen molar-refractivity contribution < 1.29 is 12.8 Å². The summed E-state index contributed by atoms with van der Waals surface area (Å²) in [5.74, 6) is -0.577. The summed E-state index contributed by atoms with van der Waals surface area (Å²) < 4.78 is 39.8.